The molecule has 0 aromatic heterocycles. The summed E-state index contributed by atoms with van der Waals surface area (Å²) < 4.78 is 10.6. The van der Waals surface area contributed by atoms with Gasteiger partial charge in [-0.3, -0.25) is 9.59 Å². The minimum absolute atomic E-state index is 0.0345. The number of carbonyl (C=O) groups excluding carboxylic acids is 2. The Bertz CT molecular complexity index is 342. The number of allylic oxidation sites excluding steroid dienone is 2. The second kappa shape index (κ2) is 3.68. The molecule has 0 N–H and O–H groups in total. The van der Waals surface area contributed by atoms with Gasteiger partial charge in [0.15, 0.2) is 5.76 Å². The van der Waals surface area contributed by atoms with Crippen LogP contribution in [0.3, 0.4) is 0 Å². The molecule has 0 aromatic rings. The lowest BCUT2D eigenvalue weighted by atomic mass is 9.92. The summed E-state index contributed by atoms with van der Waals surface area (Å²) >= 11 is 0. The molecule has 0 bridgehead atoms. The summed E-state index contributed by atoms with van der Waals surface area (Å²) in [5.74, 6) is 0.306. The zero-order chi connectivity index (χ0) is 11.0. The largest absolute Gasteiger partial charge is 0.483 e. The summed E-state index contributed by atoms with van der Waals surface area (Å²) in [5, 5.41) is 0. The Kier molecular flexibility index (Phi) is 2.50. The van der Waals surface area contributed by atoms with Gasteiger partial charge in [0, 0.05) is 12.3 Å². The van der Waals surface area contributed by atoms with Crippen molar-refractivity contribution in [1.29, 1.82) is 0 Å². The third kappa shape index (κ3) is 1.89. The summed E-state index contributed by atoms with van der Waals surface area (Å²) in [7, 11) is 0. The van der Waals surface area contributed by atoms with E-state index in [0.717, 1.165) is 6.42 Å². The number of esters is 1. The molecule has 82 valence electrons. The monoisotopic (exact) mass is 210 g/mol. The molecule has 0 aromatic carbocycles. The van der Waals surface area contributed by atoms with Crippen LogP contribution >= 0.6 is 0 Å². The molecule has 0 saturated carbocycles. The highest BCUT2D eigenvalue weighted by Gasteiger charge is 2.34. The normalized spacial score (nSPS) is 31.6. The van der Waals surface area contributed by atoms with Crippen molar-refractivity contribution in [2.24, 2.45) is 5.92 Å². The van der Waals surface area contributed by atoms with Gasteiger partial charge in [-0.25, -0.2) is 0 Å². The zero-order valence-electron chi connectivity index (χ0n) is 8.91. The van der Waals surface area contributed by atoms with E-state index in [0.29, 0.717) is 12.2 Å². The van der Waals surface area contributed by atoms with E-state index in [4.69, 9.17) is 9.47 Å². The fraction of sp³-hybridized carbons (Fsp3) is 0.636. The summed E-state index contributed by atoms with van der Waals surface area (Å²) in [6.45, 7) is 3.64. The minimum Gasteiger partial charge on any atom is -0.483 e. The summed E-state index contributed by atoms with van der Waals surface area (Å²) in [6, 6.07) is 0. The summed E-state index contributed by atoms with van der Waals surface area (Å²) in [5.41, 5.74) is 0. The van der Waals surface area contributed by atoms with E-state index >= 15 is 0 Å². The number of ether oxygens (including phenoxy) is 2. The number of rotatable bonds is 0. The molecule has 1 heterocycles. The Morgan fingerprint density at radius 2 is 2.00 bits per heavy atom. The molecule has 0 saturated heterocycles. The number of ketones is 1. The second-order valence-corrected chi connectivity index (χ2v) is 4.16. The first-order valence-electron chi connectivity index (χ1n) is 5.22. The van der Waals surface area contributed by atoms with Gasteiger partial charge in [0.2, 0.25) is 11.5 Å². The molecule has 0 amide bonds. The van der Waals surface area contributed by atoms with Gasteiger partial charge in [-0.2, -0.15) is 0 Å². The van der Waals surface area contributed by atoms with Crippen LogP contribution in [0.25, 0.3) is 0 Å². The lowest BCUT2D eigenvalue weighted by Crippen LogP contribution is -2.23. The average Bonchev–Trinajstić information content (AvgIpc) is 2.30. The van der Waals surface area contributed by atoms with Crippen LogP contribution in [-0.2, 0) is 19.1 Å². The minimum atomic E-state index is -0.310. The van der Waals surface area contributed by atoms with Crippen molar-refractivity contribution in [3.05, 3.63) is 11.5 Å². The van der Waals surface area contributed by atoms with E-state index in [9.17, 15) is 9.59 Å². The number of Topliss-reactive ketones (excluding diaryl/α,β-unsaturated/α-hetero) is 1. The van der Waals surface area contributed by atoms with Crippen LogP contribution in [0.1, 0.15) is 33.1 Å². The Morgan fingerprint density at radius 3 is 2.73 bits per heavy atom. The van der Waals surface area contributed by atoms with E-state index < -0.39 is 0 Å². The first-order chi connectivity index (χ1) is 7.08. The number of hydrogen-bond acceptors (Lipinski definition) is 4. The van der Waals surface area contributed by atoms with Crippen molar-refractivity contribution < 1.29 is 19.1 Å². The lowest BCUT2D eigenvalue weighted by Gasteiger charge is -2.21. The van der Waals surface area contributed by atoms with Crippen molar-refractivity contribution in [3.63, 3.8) is 0 Å². The van der Waals surface area contributed by atoms with Gasteiger partial charge in [0.05, 0.1) is 6.42 Å². The molecule has 15 heavy (non-hydrogen) atoms. The Labute approximate surface area is 88.2 Å². The predicted molar refractivity (Wildman–Crippen MR) is 51.7 cm³/mol. The van der Waals surface area contributed by atoms with Crippen molar-refractivity contribution >= 4 is 11.8 Å². The molecular formula is C11H14O4. The quantitative estimate of drug-likeness (QED) is 0.569. The molecule has 4 heteroatoms. The molecule has 2 aliphatic rings. The van der Waals surface area contributed by atoms with E-state index in [1.54, 1.807) is 6.92 Å². The fourth-order valence-corrected chi connectivity index (χ4v) is 1.83. The van der Waals surface area contributed by atoms with Crippen molar-refractivity contribution in [2.45, 2.75) is 39.2 Å². The van der Waals surface area contributed by atoms with Gasteiger partial charge >= 0.3 is 5.97 Å². The third-order valence-electron chi connectivity index (χ3n) is 2.74. The number of carbonyl (C=O) groups is 2. The van der Waals surface area contributed by atoms with Gasteiger partial charge in [0.1, 0.15) is 6.10 Å². The molecule has 0 spiro atoms. The first kappa shape index (κ1) is 10.2. The van der Waals surface area contributed by atoms with Gasteiger partial charge in [-0.1, -0.05) is 6.92 Å². The Morgan fingerprint density at radius 1 is 1.27 bits per heavy atom. The van der Waals surface area contributed by atoms with Crippen molar-refractivity contribution in [3.8, 4) is 0 Å². The van der Waals surface area contributed by atoms with Gasteiger partial charge < -0.3 is 9.47 Å². The molecule has 2 atom stereocenters. The maximum atomic E-state index is 11.8. The highest BCUT2D eigenvalue weighted by Crippen LogP contribution is 2.31. The van der Waals surface area contributed by atoms with E-state index in [1.807, 2.05) is 6.92 Å². The molecular weight excluding hydrogens is 196 g/mol. The van der Waals surface area contributed by atoms with E-state index in [-0.39, 0.29) is 36.0 Å². The van der Waals surface area contributed by atoms with Crippen molar-refractivity contribution in [1.82, 2.24) is 0 Å². The highest BCUT2D eigenvalue weighted by molar-refractivity contribution is 5.97. The second-order valence-electron chi connectivity index (χ2n) is 4.16. The molecule has 4 nitrogen and oxygen atoms in total. The molecule has 2 unspecified atom stereocenters. The van der Waals surface area contributed by atoms with E-state index in [2.05, 4.69) is 0 Å². The topological polar surface area (TPSA) is 52.6 Å². The van der Waals surface area contributed by atoms with Crippen LogP contribution in [0.15, 0.2) is 11.5 Å². The molecule has 0 fully saturated rings. The van der Waals surface area contributed by atoms with Crippen LogP contribution in [0.2, 0.25) is 0 Å². The maximum absolute atomic E-state index is 11.8. The van der Waals surface area contributed by atoms with Gasteiger partial charge in [-0.15, -0.1) is 0 Å². The summed E-state index contributed by atoms with van der Waals surface area (Å²) in [6.07, 6.45) is 1.26. The van der Waals surface area contributed by atoms with Crippen LogP contribution < -0.4 is 0 Å². The van der Waals surface area contributed by atoms with Crippen LogP contribution in [0.5, 0.6) is 0 Å². The Hall–Kier alpha value is -1.32. The molecule has 2 rings (SSSR count). The Balaban J connectivity index is 2.32. The standard InChI is InChI=1S/C11H14O4/c1-6-3-4-8-11(10(6)13)14-7(2)5-9(12)15-8/h6-7H,3-5H2,1-2H3. The van der Waals surface area contributed by atoms with Crippen molar-refractivity contribution in [2.75, 3.05) is 0 Å². The lowest BCUT2D eigenvalue weighted by molar-refractivity contribution is -0.140. The van der Waals surface area contributed by atoms with E-state index in [1.165, 1.54) is 0 Å². The molecule has 0 radical (unpaired) electrons. The fourth-order valence-electron chi connectivity index (χ4n) is 1.83. The van der Waals surface area contributed by atoms with Gasteiger partial charge in [-0.05, 0) is 13.3 Å². The van der Waals surface area contributed by atoms with Crippen LogP contribution in [0.4, 0.5) is 0 Å². The molecule has 1 aliphatic heterocycles. The predicted octanol–water partition coefficient (Wildman–Crippen LogP) is 1.55. The van der Waals surface area contributed by atoms with Gasteiger partial charge in [0.25, 0.3) is 0 Å². The highest BCUT2D eigenvalue weighted by atomic mass is 16.6. The van der Waals surface area contributed by atoms with Crippen LogP contribution in [0, 0.1) is 5.92 Å². The summed E-state index contributed by atoms with van der Waals surface area (Å²) in [4.78, 5) is 23.1. The van der Waals surface area contributed by atoms with Crippen LogP contribution in [-0.4, -0.2) is 17.9 Å². The average molecular weight is 210 g/mol. The third-order valence-corrected chi connectivity index (χ3v) is 2.74. The first-order valence-corrected chi connectivity index (χ1v) is 5.22. The zero-order valence-corrected chi connectivity index (χ0v) is 8.91. The smallest absolute Gasteiger partial charge is 0.314 e. The maximum Gasteiger partial charge on any atom is 0.314 e. The number of hydrogen-bond donors (Lipinski definition) is 0. The molecule has 1 aliphatic carbocycles. The SMILES string of the molecule is CC1CC(=O)OC2=C(O1)C(=O)C(C)CC2.